The third kappa shape index (κ3) is 3.86. The van der Waals surface area contributed by atoms with E-state index in [9.17, 15) is 9.18 Å². The molecule has 2 aromatic rings. The molecule has 1 aromatic heterocycles. The Morgan fingerprint density at radius 3 is 2.69 bits per heavy atom. The van der Waals surface area contributed by atoms with Gasteiger partial charge in [-0.1, -0.05) is 5.16 Å². The first-order valence-corrected chi connectivity index (χ1v) is 8.64. The first kappa shape index (κ1) is 17.0. The summed E-state index contributed by atoms with van der Waals surface area (Å²) in [6, 6.07) is 7.56. The minimum atomic E-state index is -0.304. The van der Waals surface area contributed by atoms with Crippen molar-refractivity contribution in [2.75, 3.05) is 39.4 Å². The van der Waals surface area contributed by atoms with E-state index in [-0.39, 0.29) is 17.8 Å². The molecule has 0 radical (unpaired) electrons. The minimum Gasteiger partial charge on any atom is -0.487 e. The normalized spacial score (nSPS) is 18.6. The van der Waals surface area contributed by atoms with Crippen LogP contribution < -0.4 is 4.74 Å². The molecular formula is C18H20FN3O4. The summed E-state index contributed by atoms with van der Waals surface area (Å²) in [5.74, 6) is 0.801. The Bertz CT molecular complexity index is 752. The van der Waals surface area contributed by atoms with E-state index in [1.54, 1.807) is 23.1 Å². The third-order valence-corrected chi connectivity index (χ3v) is 4.51. The van der Waals surface area contributed by atoms with E-state index in [0.29, 0.717) is 50.1 Å². The quantitative estimate of drug-likeness (QED) is 0.805. The molecule has 2 fully saturated rings. The number of aromatic nitrogens is 1. The smallest absolute Gasteiger partial charge is 0.276 e. The SMILES string of the molecule is O=C(c1cc(CN2CCOCC2)on1)N1CC(Oc2ccc(F)cc2)C1. The van der Waals surface area contributed by atoms with Crippen molar-refractivity contribution >= 4 is 5.91 Å². The van der Waals surface area contributed by atoms with Crippen molar-refractivity contribution in [1.82, 2.24) is 15.0 Å². The second kappa shape index (κ2) is 7.43. The molecule has 0 N–H and O–H groups in total. The van der Waals surface area contributed by atoms with Gasteiger partial charge in [-0.2, -0.15) is 0 Å². The minimum absolute atomic E-state index is 0.0934. The highest BCUT2D eigenvalue weighted by molar-refractivity contribution is 5.92. The largest absolute Gasteiger partial charge is 0.487 e. The van der Waals surface area contributed by atoms with E-state index in [0.717, 1.165) is 13.1 Å². The molecule has 2 aliphatic rings. The summed E-state index contributed by atoms with van der Waals surface area (Å²) >= 11 is 0. The molecule has 2 saturated heterocycles. The summed E-state index contributed by atoms with van der Waals surface area (Å²) in [6.07, 6.45) is -0.0934. The zero-order valence-electron chi connectivity index (χ0n) is 14.3. The topological polar surface area (TPSA) is 68.0 Å². The molecular weight excluding hydrogens is 341 g/mol. The average Bonchev–Trinajstić information content (AvgIpc) is 3.08. The van der Waals surface area contributed by atoms with E-state index in [1.807, 2.05) is 0 Å². The molecule has 0 bridgehead atoms. The van der Waals surface area contributed by atoms with Gasteiger partial charge in [-0.25, -0.2) is 4.39 Å². The van der Waals surface area contributed by atoms with Crippen molar-refractivity contribution in [2.24, 2.45) is 0 Å². The maximum Gasteiger partial charge on any atom is 0.276 e. The molecule has 8 heteroatoms. The molecule has 4 rings (SSSR count). The number of hydrogen-bond donors (Lipinski definition) is 0. The van der Waals surface area contributed by atoms with Gasteiger partial charge in [-0.15, -0.1) is 0 Å². The zero-order valence-corrected chi connectivity index (χ0v) is 14.3. The van der Waals surface area contributed by atoms with Crippen LogP contribution in [0.5, 0.6) is 5.75 Å². The van der Waals surface area contributed by atoms with E-state index in [1.165, 1.54) is 12.1 Å². The van der Waals surface area contributed by atoms with Gasteiger partial charge in [0.25, 0.3) is 5.91 Å². The molecule has 1 amide bonds. The fraction of sp³-hybridized carbons (Fsp3) is 0.444. The molecule has 3 heterocycles. The zero-order chi connectivity index (χ0) is 17.9. The first-order valence-electron chi connectivity index (χ1n) is 8.64. The van der Waals surface area contributed by atoms with Crippen molar-refractivity contribution in [3.8, 4) is 5.75 Å². The van der Waals surface area contributed by atoms with E-state index in [4.69, 9.17) is 14.0 Å². The molecule has 0 saturated carbocycles. The van der Waals surface area contributed by atoms with Gasteiger partial charge in [0.05, 0.1) is 32.8 Å². The Balaban J connectivity index is 1.27. The standard InChI is InChI=1S/C18H20FN3O4/c19-13-1-3-14(4-2-13)25-16-11-22(12-16)18(23)17-9-15(26-20-17)10-21-5-7-24-8-6-21/h1-4,9,16H,5-8,10-12H2. The van der Waals surface area contributed by atoms with Crippen LogP contribution in [0, 0.1) is 5.82 Å². The monoisotopic (exact) mass is 361 g/mol. The average molecular weight is 361 g/mol. The Morgan fingerprint density at radius 2 is 1.96 bits per heavy atom. The lowest BCUT2D eigenvalue weighted by molar-refractivity contribution is 0.0170. The highest BCUT2D eigenvalue weighted by atomic mass is 19.1. The van der Waals surface area contributed by atoms with E-state index in [2.05, 4.69) is 10.1 Å². The molecule has 1 aromatic carbocycles. The number of amides is 1. The highest BCUT2D eigenvalue weighted by Gasteiger charge is 2.34. The lowest BCUT2D eigenvalue weighted by Gasteiger charge is -2.38. The molecule has 7 nitrogen and oxygen atoms in total. The number of morpholine rings is 1. The van der Waals surface area contributed by atoms with Gasteiger partial charge in [-0.05, 0) is 24.3 Å². The van der Waals surface area contributed by atoms with E-state index >= 15 is 0 Å². The number of ether oxygens (including phenoxy) is 2. The number of nitrogens with zero attached hydrogens (tertiary/aromatic N) is 3. The second-order valence-electron chi connectivity index (χ2n) is 6.47. The van der Waals surface area contributed by atoms with E-state index < -0.39 is 0 Å². The van der Waals surface area contributed by atoms with Crippen LogP contribution in [0.25, 0.3) is 0 Å². The first-order chi connectivity index (χ1) is 12.7. The molecule has 0 atom stereocenters. The van der Waals surface area contributed by atoms with Crippen LogP contribution in [-0.4, -0.2) is 66.4 Å². The Hall–Kier alpha value is -2.45. The number of halogens is 1. The van der Waals surface area contributed by atoms with Crippen LogP contribution >= 0.6 is 0 Å². The fourth-order valence-electron chi connectivity index (χ4n) is 3.01. The number of benzene rings is 1. The van der Waals surface area contributed by atoms with Crippen LogP contribution in [0.15, 0.2) is 34.9 Å². The lowest BCUT2D eigenvalue weighted by Crippen LogP contribution is -2.56. The molecule has 0 unspecified atom stereocenters. The predicted molar refractivity (Wildman–Crippen MR) is 89.3 cm³/mol. The molecule has 0 aliphatic carbocycles. The molecule has 0 spiro atoms. The van der Waals surface area contributed by atoms with Gasteiger partial charge in [0, 0.05) is 19.2 Å². The number of hydrogen-bond acceptors (Lipinski definition) is 6. The Morgan fingerprint density at radius 1 is 1.23 bits per heavy atom. The van der Waals surface area contributed by atoms with Crippen LogP contribution in [0.2, 0.25) is 0 Å². The van der Waals surface area contributed by atoms with Crippen LogP contribution in [0.4, 0.5) is 4.39 Å². The van der Waals surface area contributed by atoms with Crippen molar-refractivity contribution in [3.05, 3.63) is 47.6 Å². The summed E-state index contributed by atoms with van der Waals surface area (Å²) in [5.41, 5.74) is 0.313. The summed E-state index contributed by atoms with van der Waals surface area (Å²) in [5, 5.41) is 3.90. The van der Waals surface area contributed by atoms with Crippen molar-refractivity contribution in [1.29, 1.82) is 0 Å². The van der Waals surface area contributed by atoms with Gasteiger partial charge in [0.15, 0.2) is 11.5 Å². The van der Waals surface area contributed by atoms with Crippen molar-refractivity contribution in [2.45, 2.75) is 12.6 Å². The highest BCUT2D eigenvalue weighted by Crippen LogP contribution is 2.20. The third-order valence-electron chi connectivity index (χ3n) is 4.51. The maximum atomic E-state index is 12.9. The summed E-state index contributed by atoms with van der Waals surface area (Å²) in [6.45, 7) is 4.69. The summed E-state index contributed by atoms with van der Waals surface area (Å²) in [4.78, 5) is 16.3. The van der Waals surface area contributed by atoms with Gasteiger partial charge in [-0.3, -0.25) is 9.69 Å². The van der Waals surface area contributed by atoms with Gasteiger partial charge in [0.2, 0.25) is 0 Å². The van der Waals surface area contributed by atoms with Gasteiger partial charge in [0.1, 0.15) is 17.7 Å². The molecule has 26 heavy (non-hydrogen) atoms. The van der Waals surface area contributed by atoms with Gasteiger partial charge >= 0.3 is 0 Å². The number of carbonyl (C=O) groups is 1. The summed E-state index contributed by atoms with van der Waals surface area (Å²) in [7, 11) is 0. The maximum absolute atomic E-state index is 12.9. The molecule has 138 valence electrons. The van der Waals surface area contributed by atoms with Crippen molar-refractivity contribution < 1.29 is 23.2 Å². The predicted octanol–water partition coefficient (Wildman–Crippen LogP) is 1.55. The number of rotatable bonds is 5. The van der Waals surface area contributed by atoms with Gasteiger partial charge < -0.3 is 18.9 Å². The second-order valence-corrected chi connectivity index (χ2v) is 6.47. The number of likely N-dealkylation sites (tertiary alicyclic amines) is 1. The summed E-state index contributed by atoms with van der Waals surface area (Å²) < 4.78 is 29.2. The fourth-order valence-corrected chi connectivity index (χ4v) is 3.01. The van der Waals surface area contributed by atoms with Crippen LogP contribution in [0.3, 0.4) is 0 Å². The van der Waals surface area contributed by atoms with Crippen LogP contribution in [0.1, 0.15) is 16.2 Å². The Kier molecular flexibility index (Phi) is 4.85. The Labute approximate surface area is 150 Å². The van der Waals surface area contributed by atoms with Crippen molar-refractivity contribution in [3.63, 3.8) is 0 Å². The van der Waals surface area contributed by atoms with Crippen LogP contribution in [-0.2, 0) is 11.3 Å². The molecule has 2 aliphatic heterocycles. The number of carbonyl (C=O) groups excluding carboxylic acids is 1. The lowest BCUT2D eigenvalue weighted by atomic mass is 10.1.